The lowest BCUT2D eigenvalue weighted by molar-refractivity contribution is -0.109. The summed E-state index contributed by atoms with van der Waals surface area (Å²) < 4.78 is 0. The molecule has 0 amide bonds. The minimum absolute atomic E-state index is 0.354. The van der Waals surface area contributed by atoms with Gasteiger partial charge in [-0.05, 0) is 92.3 Å². The molecule has 0 aliphatic heterocycles. The summed E-state index contributed by atoms with van der Waals surface area (Å²) in [6.45, 7) is 14.6. The molecule has 0 bridgehead atoms. The molecule has 0 aromatic heterocycles. The number of rotatable bonds is 1. The van der Waals surface area contributed by atoms with Crippen molar-refractivity contribution in [2.45, 2.75) is 79.1 Å². The maximum atomic E-state index is 4.64. The van der Waals surface area contributed by atoms with Crippen LogP contribution in [0.15, 0.2) is 0 Å². The van der Waals surface area contributed by atoms with Gasteiger partial charge in [0.1, 0.15) is 0 Å². The Labute approximate surface area is 127 Å². The maximum absolute atomic E-state index is 4.64. The zero-order chi connectivity index (χ0) is 14.5. The summed E-state index contributed by atoms with van der Waals surface area (Å²) >= 11 is 0. The van der Waals surface area contributed by atoms with E-state index in [0.29, 0.717) is 10.8 Å². The Hall–Kier alpha value is 0. The monoisotopic (exact) mass is 275 g/mol. The first-order valence-corrected chi connectivity index (χ1v) is 9.20. The van der Waals surface area contributed by atoms with Gasteiger partial charge in [0, 0.05) is 0 Å². The zero-order valence-electron chi connectivity index (χ0n) is 14.3. The van der Waals surface area contributed by atoms with Gasteiger partial charge in [-0.25, -0.2) is 0 Å². The molecule has 0 heterocycles. The van der Waals surface area contributed by atoms with Crippen LogP contribution in [0.2, 0.25) is 0 Å². The average Bonchev–Trinajstić information content (AvgIpc) is 2.37. The lowest BCUT2D eigenvalue weighted by Gasteiger charge is -2.61. The van der Waals surface area contributed by atoms with Gasteiger partial charge in [0.15, 0.2) is 0 Å². The third-order valence-corrected chi connectivity index (χ3v) is 7.74. The first kappa shape index (κ1) is 14.9. The molecule has 0 aromatic rings. The second kappa shape index (κ2) is 5.03. The minimum Gasteiger partial charge on any atom is -0.0625 e. The highest BCUT2D eigenvalue weighted by Crippen LogP contribution is 2.64. The summed E-state index contributed by atoms with van der Waals surface area (Å²) in [5.74, 6) is 4.83. The first-order chi connectivity index (χ1) is 9.34. The van der Waals surface area contributed by atoms with E-state index in [1.54, 1.807) is 0 Å². The summed E-state index contributed by atoms with van der Waals surface area (Å²) in [5, 5.41) is 0. The van der Waals surface area contributed by atoms with Crippen LogP contribution < -0.4 is 0 Å². The fraction of sp³-hybridized carbons (Fsp3) is 0.950. The first-order valence-electron chi connectivity index (χ1n) is 9.20. The van der Waals surface area contributed by atoms with Crippen LogP contribution in [-0.2, 0) is 0 Å². The second-order valence-corrected chi connectivity index (χ2v) is 9.33. The molecule has 3 rings (SSSR count). The predicted molar refractivity (Wildman–Crippen MR) is 87.3 cm³/mol. The Morgan fingerprint density at radius 3 is 2.45 bits per heavy atom. The van der Waals surface area contributed by atoms with Crippen molar-refractivity contribution in [1.29, 1.82) is 0 Å². The highest BCUT2D eigenvalue weighted by atomic mass is 14.6. The van der Waals surface area contributed by atoms with E-state index in [1.165, 1.54) is 51.4 Å². The van der Waals surface area contributed by atoms with Gasteiger partial charge in [0.2, 0.25) is 0 Å². The van der Waals surface area contributed by atoms with Gasteiger partial charge >= 0.3 is 0 Å². The smallest absolute Gasteiger partial charge is 0.0261 e. The van der Waals surface area contributed by atoms with Crippen molar-refractivity contribution >= 4 is 0 Å². The van der Waals surface area contributed by atoms with Crippen LogP contribution in [0.25, 0.3) is 0 Å². The SMILES string of the molecule is [CH2][C@@]1(C)CCC[C@@]2(C)C1CCC1CC(C(C)C)CC[C@H]12. The third-order valence-electron chi connectivity index (χ3n) is 7.74. The maximum Gasteiger partial charge on any atom is -0.0261 e. The fourth-order valence-electron chi connectivity index (χ4n) is 6.61. The molecule has 1 radical (unpaired) electrons. The molecule has 0 heteroatoms. The van der Waals surface area contributed by atoms with Gasteiger partial charge in [-0.15, -0.1) is 0 Å². The van der Waals surface area contributed by atoms with Gasteiger partial charge in [0.05, 0.1) is 0 Å². The van der Waals surface area contributed by atoms with Crippen LogP contribution in [0.1, 0.15) is 79.1 Å². The topological polar surface area (TPSA) is 0 Å². The van der Waals surface area contributed by atoms with Gasteiger partial charge in [-0.3, -0.25) is 0 Å². The quantitative estimate of drug-likeness (QED) is 0.541. The number of hydrogen-bond acceptors (Lipinski definition) is 0. The van der Waals surface area contributed by atoms with Crippen molar-refractivity contribution in [2.24, 2.45) is 40.4 Å². The van der Waals surface area contributed by atoms with Crippen LogP contribution >= 0.6 is 0 Å². The van der Waals surface area contributed by atoms with E-state index in [9.17, 15) is 0 Å². The van der Waals surface area contributed by atoms with Crippen LogP contribution in [0.5, 0.6) is 0 Å². The van der Waals surface area contributed by atoms with Crippen LogP contribution in [0.3, 0.4) is 0 Å². The molecule has 6 atom stereocenters. The standard InChI is InChI=1S/C20H35/c1-14(2)15-7-9-17-16(13-15)8-10-18-19(3,4)11-6-12-20(17,18)5/h14-18H,3,6-13H2,1-2,4-5H3/t15?,16?,17-,18?,19-,20-/m1/s1. The van der Waals surface area contributed by atoms with Crippen LogP contribution in [0, 0.1) is 47.3 Å². The molecule has 0 aromatic carbocycles. The van der Waals surface area contributed by atoms with Gasteiger partial charge < -0.3 is 0 Å². The van der Waals surface area contributed by atoms with E-state index in [4.69, 9.17) is 0 Å². The second-order valence-electron chi connectivity index (χ2n) is 9.33. The van der Waals surface area contributed by atoms with Crippen molar-refractivity contribution in [1.82, 2.24) is 0 Å². The van der Waals surface area contributed by atoms with E-state index < -0.39 is 0 Å². The Balaban J connectivity index is 1.81. The summed E-state index contributed by atoms with van der Waals surface area (Å²) in [7, 11) is 0. The minimum atomic E-state index is 0.354. The summed E-state index contributed by atoms with van der Waals surface area (Å²) in [6, 6.07) is 0. The highest BCUT2D eigenvalue weighted by molar-refractivity contribution is 5.06. The van der Waals surface area contributed by atoms with Gasteiger partial charge in [0.25, 0.3) is 0 Å². The van der Waals surface area contributed by atoms with E-state index >= 15 is 0 Å². The van der Waals surface area contributed by atoms with Crippen molar-refractivity contribution in [3.63, 3.8) is 0 Å². The molecule has 20 heavy (non-hydrogen) atoms. The Morgan fingerprint density at radius 2 is 1.75 bits per heavy atom. The predicted octanol–water partition coefficient (Wildman–Crippen LogP) is 6.12. The summed E-state index contributed by atoms with van der Waals surface area (Å²) in [5.41, 5.74) is 0.965. The molecule has 0 spiro atoms. The van der Waals surface area contributed by atoms with Gasteiger partial charge in [-0.2, -0.15) is 0 Å². The van der Waals surface area contributed by atoms with Crippen molar-refractivity contribution in [2.75, 3.05) is 0 Å². The number of hydrogen-bond donors (Lipinski definition) is 0. The molecule has 3 saturated carbocycles. The van der Waals surface area contributed by atoms with E-state index in [-0.39, 0.29) is 0 Å². The molecule has 3 unspecified atom stereocenters. The lowest BCUT2D eigenvalue weighted by atomic mass is 9.44. The van der Waals surface area contributed by atoms with Gasteiger partial charge in [-0.1, -0.05) is 34.1 Å². The summed E-state index contributed by atoms with van der Waals surface area (Å²) in [4.78, 5) is 0. The molecule has 3 aliphatic carbocycles. The van der Waals surface area contributed by atoms with E-state index in [0.717, 1.165) is 29.6 Å². The molecule has 0 saturated heterocycles. The molecule has 0 nitrogen and oxygen atoms in total. The Kier molecular flexibility index (Phi) is 3.75. The number of fused-ring (bicyclic) bond motifs is 3. The lowest BCUT2D eigenvalue weighted by Crippen LogP contribution is -2.53. The molecule has 115 valence electrons. The van der Waals surface area contributed by atoms with Crippen molar-refractivity contribution < 1.29 is 0 Å². The normalized spacial score (nSPS) is 47.7. The third kappa shape index (κ3) is 2.26. The largest absolute Gasteiger partial charge is 0.0625 e. The van der Waals surface area contributed by atoms with Crippen molar-refractivity contribution in [3.05, 3.63) is 6.92 Å². The Morgan fingerprint density at radius 1 is 1.00 bits per heavy atom. The fourth-order valence-corrected chi connectivity index (χ4v) is 6.61. The molecular weight excluding hydrogens is 240 g/mol. The van der Waals surface area contributed by atoms with E-state index in [2.05, 4.69) is 34.6 Å². The molecule has 3 fully saturated rings. The average molecular weight is 276 g/mol. The molecule has 3 aliphatic rings. The summed E-state index contributed by atoms with van der Waals surface area (Å²) in [6.07, 6.45) is 11.8. The Bertz CT molecular complexity index is 353. The van der Waals surface area contributed by atoms with Crippen LogP contribution in [0.4, 0.5) is 0 Å². The van der Waals surface area contributed by atoms with Crippen LogP contribution in [-0.4, -0.2) is 0 Å². The zero-order valence-corrected chi connectivity index (χ0v) is 14.3. The van der Waals surface area contributed by atoms with Crippen molar-refractivity contribution in [3.8, 4) is 0 Å². The van der Waals surface area contributed by atoms with E-state index in [1.807, 2.05) is 0 Å². The highest BCUT2D eigenvalue weighted by Gasteiger charge is 2.55. The molecule has 0 N–H and O–H groups in total. The molecular formula is C20H35.